The van der Waals surface area contributed by atoms with E-state index < -0.39 is 0 Å². The van der Waals surface area contributed by atoms with Gasteiger partial charge in [0, 0.05) is 42.6 Å². The van der Waals surface area contributed by atoms with Crippen molar-refractivity contribution in [3.05, 3.63) is 72.4 Å². The SMILES string of the molecule is C=CN(CC)CC(=O)c1ccc(N(c2cccc(C#N)c2)C2CCN(CC)CC2)cc1. The predicted octanol–water partition coefficient (Wildman–Crippen LogP) is 4.83. The molecule has 31 heavy (non-hydrogen) atoms. The van der Waals surface area contributed by atoms with Gasteiger partial charge in [0.2, 0.25) is 0 Å². The molecule has 0 radical (unpaired) electrons. The van der Waals surface area contributed by atoms with Crippen LogP contribution in [0.4, 0.5) is 11.4 Å². The van der Waals surface area contributed by atoms with E-state index in [2.05, 4.69) is 35.4 Å². The summed E-state index contributed by atoms with van der Waals surface area (Å²) in [6, 6.07) is 18.3. The number of anilines is 2. The summed E-state index contributed by atoms with van der Waals surface area (Å²) >= 11 is 0. The van der Waals surface area contributed by atoms with Gasteiger partial charge in [0.15, 0.2) is 5.78 Å². The number of likely N-dealkylation sites (tertiary alicyclic amines) is 1. The number of hydrogen-bond acceptors (Lipinski definition) is 5. The molecule has 5 heteroatoms. The lowest BCUT2D eigenvalue weighted by atomic mass is 10.00. The maximum absolute atomic E-state index is 12.6. The van der Waals surface area contributed by atoms with E-state index in [-0.39, 0.29) is 5.78 Å². The molecular formula is C26H32N4O. The molecule has 0 unspecified atom stereocenters. The molecule has 3 rings (SSSR count). The van der Waals surface area contributed by atoms with Gasteiger partial charge < -0.3 is 14.7 Å². The van der Waals surface area contributed by atoms with E-state index in [1.165, 1.54) is 0 Å². The average molecular weight is 417 g/mol. The lowest BCUT2D eigenvalue weighted by molar-refractivity contribution is 0.0957. The molecule has 0 bridgehead atoms. The van der Waals surface area contributed by atoms with Gasteiger partial charge in [-0.1, -0.05) is 19.6 Å². The number of nitrogens with zero attached hydrogens (tertiary/aromatic N) is 4. The number of carbonyl (C=O) groups excluding carboxylic acids is 1. The Balaban J connectivity index is 1.88. The molecule has 2 aromatic rings. The van der Waals surface area contributed by atoms with Crippen molar-refractivity contribution in [2.45, 2.75) is 32.7 Å². The summed E-state index contributed by atoms with van der Waals surface area (Å²) in [7, 11) is 0. The Morgan fingerprint density at radius 1 is 1.16 bits per heavy atom. The maximum atomic E-state index is 12.6. The first kappa shape index (κ1) is 22.6. The molecule has 0 aromatic heterocycles. The Morgan fingerprint density at radius 3 is 2.45 bits per heavy atom. The van der Waals surface area contributed by atoms with Crippen molar-refractivity contribution in [3.8, 4) is 6.07 Å². The molecule has 0 N–H and O–H groups in total. The Morgan fingerprint density at radius 2 is 1.87 bits per heavy atom. The summed E-state index contributed by atoms with van der Waals surface area (Å²) < 4.78 is 0. The average Bonchev–Trinajstić information content (AvgIpc) is 2.83. The topological polar surface area (TPSA) is 50.6 Å². The predicted molar refractivity (Wildman–Crippen MR) is 127 cm³/mol. The highest BCUT2D eigenvalue weighted by Gasteiger charge is 2.26. The largest absolute Gasteiger partial charge is 0.371 e. The minimum absolute atomic E-state index is 0.0857. The van der Waals surface area contributed by atoms with E-state index in [4.69, 9.17) is 0 Å². The van der Waals surface area contributed by atoms with Gasteiger partial charge in [-0.15, -0.1) is 0 Å². The zero-order chi connectivity index (χ0) is 22.2. The molecule has 0 spiro atoms. The first-order valence-electron chi connectivity index (χ1n) is 11.1. The van der Waals surface area contributed by atoms with Crippen LogP contribution >= 0.6 is 0 Å². The van der Waals surface area contributed by atoms with E-state index in [0.29, 0.717) is 23.7 Å². The molecule has 0 saturated carbocycles. The number of carbonyl (C=O) groups is 1. The van der Waals surface area contributed by atoms with Crippen LogP contribution in [0.25, 0.3) is 0 Å². The van der Waals surface area contributed by atoms with Gasteiger partial charge in [0.1, 0.15) is 0 Å². The van der Waals surface area contributed by atoms with E-state index in [1.807, 2.05) is 54.3 Å². The first-order chi connectivity index (χ1) is 15.1. The minimum atomic E-state index is 0.0857. The molecule has 1 aliphatic rings. The number of piperidine rings is 1. The van der Waals surface area contributed by atoms with Gasteiger partial charge in [-0.05, 0) is 75.0 Å². The van der Waals surface area contributed by atoms with Crippen molar-refractivity contribution >= 4 is 17.2 Å². The highest BCUT2D eigenvalue weighted by molar-refractivity contribution is 5.98. The van der Waals surface area contributed by atoms with Gasteiger partial charge in [0.25, 0.3) is 0 Å². The molecule has 1 fully saturated rings. The molecular weight excluding hydrogens is 384 g/mol. The summed E-state index contributed by atoms with van der Waals surface area (Å²) in [5.41, 5.74) is 3.44. The van der Waals surface area contributed by atoms with Crippen LogP contribution in [0.5, 0.6) is 0 Å². The van der Waals surface area contributed by atoms with Crippen molar-refractivity contribution in [2.75, 3.05) is 37.6 Å². The van der Waals surface area contributed by atoms with Gasteiger partial charge >= 0.3 is 0 Å². The summed E-state index contributed by atoms with van der Waals surface area (Å²) in [5, 5.41) is 9.38. The highest BCUT2D eigenvalue weighted by Crippen LogP contribution is 2.33. The van der Waals surface area contributed by atoms with Crippen LogP contribution in [-0.2, 0) is 0 Å². The molecule has 0 amide bonds. The normalized spacial score (nSPS) is 14.6. The van der Waals surface area contributed by atoms with Crippen molar-refractivity contribution in [1.29, 1.82) is 5.26 Å². The van der Waals surface area contributed by atoms with E-state index in [9.17, 15) is 10.1 Å². The molecule has 2 aromatic carbocycles. The molecule has 162 valence electrons. The van der Waals surface area contributed by atoms with Crippen LogP contribution in [0.15, 0.2) is 61.3 Å². The quantitative estimate of drug-likeness (QED) is 0.548. The van der Waals surface area contributed by atoms with Crippen LogP contribution in [-0.4, -0.2) is 54.3 Å². The Hall–Kier alpha value is -3.10. The van der Waals surface area contributed by atoms with Crippen LogP contribution in [0.2, 0.25) is 0 Å². The second-order valence-corrected chi connectivity index (χ2v) is 7.91. The van der Waals surface area contributed by atoms with Crippen molar-refractivity contribution in [1.82, 2.24) is 9.80 Å². The molecule has 5 nitrogen and oxygen atoms in total. The van der Waals surface area contributed by atoms with Gasteiger partial charge in [-0.2, -0.15) is 5.26 Å². The maximum Gasteiger partial charge on any atom is 0.182 e. The number of benzene rings is 2. The third kappa shape index (κ3) is 5.53. The van der Waals surface area contributed by atoms with Crippen molar-refractivity contribution in [2.24, 2.45) is 0 Å². The van der Waals surface area contributed by atoms with E-state index in [1.54, 1.807) is 6.20 Å². The van der Waals surface area contributed by atoms with Crippen LogP contribution < -0.4 is 4.90 Å². The summed E-state index contributed by atoms with van der Waals surface area (Å²) in [4.78, 5) is 19.3. The number of Topliss-reactive ketones (excluding diaryl/α,β-unsaturated/α-hetero) is 1. The molecule has 0 atom stereocenters. The smallest absolute Gasteiger partial charge is 0.182 e. The van der Waals surface area contributed by atoms with E-state index in [0.717, 1.165) is 50.4 Å². The second-order valence-electron chi connectivity index (χ2n) is 7.91. The van der Waals surface area contributed by atoms with Crippen LogP contribution in [0, 0.1) is 11.3 Å². The van der Waals surface area contributed by atoms with Gasteiger partial charge in [0.05, 0.1) is 18.2 Å². The zero-order valence-corrected chi connectivity index (χ0v) is 18.6. The molecule has 1 saturated heterocycles. The molecule has 0 aliphatic carbocycles. The summed E-state index contributed by atoms with van der Waals surface area (Å²) in [5.74, 6) is 0.0857. The molecule has 1 aliphatic heterocycles. The summed E-state index contributed by atoms with van der Waals surface area (Å²) in [6.45, 7) is 12.3. The Labute approximate surface area is 186 Å². The number of hydrogen-bond donors (Lipinski definition) is 0. The van der Waals surface area contributed by atoms with Gasteiger partial charge in [-0.25, -0.2) is 0 Å². The highest BCUT2D eigenvalue weighted by atomic mass is 16.1. The number of rotatable bonds is 9. The number of likely N-dealkylation sites (N-methyl/N-ethyl adjacent to an activating group) is 1. The minimum Gasteiger partial charge on any atom is -0.371 e. The van der Waals surface area contributed by atoms with Crippen LogP contribution in [0.3, 0.4) is 0 Å². The lowest BCUT2D eigenvalue weighted by Crippen LogP contribution is -2.43. The Kier molecular flexibility index (Phi) is 7.86. The Bertz CT molecular complexity index is 923. The first-order valence-corrected chi connectivity index (χ1v) is 11.1. The number of nitriles is 1. The lowest BCUT2D eigenvalue weighted by Gasteiger charge is -2.39. The zero-order valence-electron chi connectivity index (χ0n) is 18.6. The summed E-state index contributed by atoms with van der Waals surface area (Å²) in [6.07, 6.45) is 3.84. The number of ketones is 1. The van der Waals surface area contributed by atoms with Gasteiger partial charge in [-0.3, -0.25) is 4.79 Å². The second kappa shape index (κ2) is 10.8. The molecule has 1 heterocycles. The fraction of sp³-hybridized carbons (Fsp3) is 0.385. The van der Waals surface area contributed by atoms with Crippen molar-refractivity contribution in [3.63, 3.8) is 0 Å². The standard InChI is InChI=1S/C26H32N4O/c1-4-28(5-2)20-26(31)22-10-12-23(13-11-22)30(24-14-16-29(6-3)17-15-24)25-9-7-8-21(18-25)19-27/h4,7-13,18,24H,1,5-6,14-17,20H2,2-3H3. The fourth-order valence-electron chi connectivity index (χ4n) is 4.18. The monoisotopic (exact) mass is 416 g/mol. The fourth-order valence-corrected chi connectivity index (χ4v) is 4.18. The third-order valence-corrected chi connectivity index (χ3v) is 6.10. The van der Waals surface area contributed by atoms with Crippen molar-refractivity contribution < 1.29 is 4.79 Å². The van der Waals surface area contributed by atoms with Crippen LogP contribution in [0.1, 0.15) is 42.6 Å². The van der Waals surface area contributed by atoms with E-state index >= 15 is 0 Å². The third-order valence-electron chi connectivity index (χ3n) is 6.10.